The van der Waals surface area contributed by atoms with E-state index in [1.165, 1.54) is 18.4 Å². The average Bonchev–Trinajstić information content (AvgIpc) is 3.07. The van der Waals surface area contributed by atoms with Crippen LogP contribution in [0.3, 0.4) is 0 Å². The Morgan fingerprint density at radius 2 is 1.96 bits per heavy atom. The van der Waals surface area contributed by atoms with Gasteiger partial charge >= 0.3 is 0 Å². The van der Waals surface area contributed by atoms with Gasteiger partial charge in [0.15, 0.2) is 0 Å². The number of likely N-dealkylation sites (tertiary alicyclic amines) is 1. The van der Waals surface area contributed by atoms with Crippen LogP contribution in [0.15, 0.2) is 24.3 Å². The van der Waals surface area contributed by atoms with E-state index in [0.29, 0.717) is 11.3 Å². The van der Waals surface area contributed by atoms with Crippen molar-refractivity contribution >= 4 is 18.3 Å². The second-order valence-corrected chi connectivity index (χ2v) is 7.33. The number of rotatable bonds is 3. The second kappa shape index (κ2) is 6.93. The van der Waals surface area contributed by atoms with Crippen LogP contribution in [0, 0.1) is 11.3 Å². The van der Waals surface area contributed by atoms with Crippen molar-refractivity contribution in [3.63, 3.8) is 0 Å². The minimum absolute atomic E-state index is 0. The normalized spacial score (nSPS) is 27.6. The number of benzene rings is 1. The monoisotopic (exact) mass is 350 g/mol. The first-order chi connectivity index (χ1) is 11.2. The highest BCUT2D eigenvalue weighted by molar-refractivity contribution is 5.85. The van der Waals surface area contributed by atoms with Gasteiger partial charge in [-0.05, 0) is 68.3 Å². The van der Waals surface area contributed by atoms with Crippen molar-refractivity contribution in [2.45, 2.75) is 38.1 Å². The highest BCUT2D eigenvalue weighted by Gasteiger charge is 2.59. The summed E-state index contributed by atoms with van der Waals surface area (Å²) < 4.78 is 5.24. The Hall–Kier alpha value is -1.26. The van der Waals surface area contributed by atoms with Gasteiger partial charge in [0.2, 0.25) is 5.91 Å². The Balaban J connectivity index is 0.00000169. The predicted molar refractivity (Wildman–Crippen MR) is 96.6 cm³/mol. The first-order valence-electron chi connectivity index (χ1n) is 8.89. The Labute approximate surface area is 150 Å². The molecule has 1 aromatic rings. The van der Waals surface area contributed by atoms with Crippen molar-refractivity contribution in [2.24, 2.45) is 11.3 Å². The topological polar surface area (TPSA) is 41.6 Å². The molecule has 2 aliphatic heterocycles. The molecule has 0 aromatic heterocycles. The number of carbonyl (C=O) groups excluding carboxylic acids is 1. The molecule has 4 rings (SSSR count). The number of nitrogens with one attached hydrogen (secondary N) is 1. The second-order valence-electron chi connectivity index (χ2n) is 7.33. The number of hydrogen-bond acceptors (Lipinski definition) is 3. The molecule has 1 spiro atoms. The summed E-state index contributed by atoms with van der Waals surface area (Å²) in [5, 5.41) is 3.42. The number of amides is 1. The summed E-state index contributed by atoms with van der Waals surface area (Å²) in [5.41, 5.74) is 1.58. The highest BCUT2D eigenvalue weighted by Crippen LogP contribution is 2.59. The van der Waals surface area contributed by atoms with Crippen molar-refractivity contribution < 1.29 is 9.53 Å². The third-order valence-corrected chi connectivity index (χ3v) is 6.12. The Morgan fingerprint density at radius 1 is 1.25 bits per heavy atom. The summed E-state index contributed by atoms with van der Waals surface area (Å²) in [5.74, 6) is 1.56. The molecule has 2 heterocycles. The first-order valence-corrected chi connectivity index (χ1v) is 8.89. The van der Waals surface area contributed by atoms with E-state index in [2.05, 4.69) is 22.3 Å². The van der Waals surface area contributed by atoms with E-state index in [-0.39, 0.29) is 24.4 Å². The van der Waals surface area contributed by atoms with Gasteiger partial charge in [0.1, 0.15) is 5.75 Å². The summed E-state index contributed by atoms with van der Waals surface area (Å²) in [6.45, 7) is 3.07. The van der Waals surface area contributed by atoms with Crippen LogP contribution in [0.1, 0.15) is 43.7 Å². The van der Waals surface area contributed by atoms with Crippen LogP contribution >= 0.6 is 12.4 Å². The highest BCUT2D eigenvalue weighted by atomic mass is 35.5. The molecule has 4 nitrogen and oxygen atoms in total. The molecule has 3 aliphatic rings. The lowest BCUT2D eigenvalue weighted by atomic mass is 9.91. The van der Waals surface area contributed by atoms with Gasteiger partial charge in [-0.1, -0.05) is 12.1 Å². The van der Waals surface area contributed by atoms with Crippen LogP contribution in [0.5, 0.6) is 5.75 Å². The molecule has 0 bridgehead atoms. The van der Waals surface area contributed by atoms with Crippen molar-refractivity contribution in [1.29, 1.82) is 0 Å². The zero-order chi connectivity index (χ0) is 15.9. The van der Waals surface area contributed by atoms with Gasteiger partial charge in [0.25, 0.3) is 0 Å². The smallest absolute Gasteiger partial charge is 0.226 e. The molecule has 24 heavy (non-hydrogen) atoms. The average molecular weight is 351 g/mol. The Morgan fingerprint density at radius 3 is 2.62 bits per heavy atom. The zero-order valence-electron chi connectivity index (χ0n) is 14.3. The van der Waals surface area contributed by atoms with Crippen LogP contribution < -0.4 is 10.1 Å². The molecule has 0 radical (unpaired) electrons. The SMILES string of the molecule is COc1ccc(C2CCCN2C(=O)C2CC23CCNCC3)cc1.Cl. The predicted octanol–water partition coefficient (Wildman–Crippen LogP) is 3.17. The van der Waals surface area contributed by atoms with E-state index in [4.69, 9.17) is 4.74 Å². The van der Waals surface area contributed by atoms with Gasteiger partial charge < -0.3 is 15.0 Å². The number of piperidine rings is 1. The summed E-state index contributed by atoms with van der Waals surface area (Å²) in [7, 11) is 1.69. The Bertz CT molecular complexity index is 584. The molecule has 2 atom stereocenters. The van der Waals surface area contributed by atoms with Crippen molar-refractivity contribution in [3.8, 4) is 5.75 Å². The Kier molecular flexibility index (Phi) is 5.07. The van der Waals surface area contributed by atoms with E-state index < -0.39 is 0 Å². The van der Waals surface area contributed by atoms with Gasteiger partial charge in [-0.3, -0.25) is 4.79 Å². The molecule has 5 heteroatoms. The van der Waals surface area contributed by atoms with Gasteiger partial charge in [-0.2, -0.15) is 0 Å². The summed E-state index contributed by atoms with van der Waals surface area (Å²) in [4.78, 5) is 15.2. The summed E-state index contributed by atoms with van der Waals surface area (Å²) in [6, 6.07) is 8.49. The van der Waals surface area contributed by atoms with Gasteiger partial charge in [-0.25, -0.2) is 0 Å². The fourth-order valence-corrected chi connectivity index (χ4v) is 4.58. The molecule has 1 amide bonds. The molecular weight excluding hydrogens is 324 g/mol. The molecule has 1 saturated carbocycles. The van der Waals surface area contributed by atoms with Gasteiger partial charge in [-0.15, -0.1) is 12.4 Å². The van der Waals surface area contributed by atoms with E-state index in [9.17, 15) is 4.79 Å². The van der Waals surface area contributed by atoms with E-state index in [1.54, 1.807) is 7.11 Å². The van der Waals surface area contributed by atoms with Crippen LogP contribution in [0.4, 0.5) is 0 Å². The van der Waals surface area contributed by atoms with Crippen molar-refractivity contribution in [2.75, 3.05) is 26.7 Å². The van der Waals surface area contributed by atoms with E-state index in [0.717, 1.165) is 44.6 Å². The first kappa shape index (κ1) is 17.6. The van der Waals surface area contributed by atoms with Crippen LogP contribution in [0.25, 0.3) is 0 Å². The zero-order valence-corrected chi connectivity index (χ0v) is 15.1. The van der Waals surface area contributed by atoms with Crippen LogP contribution in [-0.2, 0) is 4.79 Å². The molecule has 1 N–H and O–H groups in total. The van der Waals surface area contributed by atoms with Gasteiger partial charge in [0, 0.05) is 12.5 Å². The lowest BCUT2D eigenvalue weighted by Crippen LogP contribution is -2.36. The molecule has 2 saturated heterocycles. The molecule has 132 valence electrons. The molecule has 3 fully saturated rings. The maximum Gasteiger partial charge on any atom is 0.226 e. The largest absolute Gasteiger partial charge is 0.497 e. The minimum atomic E-state index is 0. The molecular formula is C19H27ClN2O2. The number of carbonyl (C=O) groups is 1. The lowest BCUT2D eigenvalue weighted by Gasteiger charge is -2.28. The fraction of sp³-hybridized carbons (Fsp3) is 0.632. The lowest BCUT2D eigenvalue weighted by molar-refractivity contribution is -0.134. The number of halogens is 1. The van der Waals surface area contributed by atoms with Crippen LogP contribution in [0.2, 0.25) is 0 Å². The number of methoxy groups -OCH3 is 1. The van der Waals surface area contributed by atoms with E-state index in [1.807, 2.05) is 12.1 Å². The number of ether oxygens (including phenoxy) is 1. The van der Waals surface area contributed by atoms with E-state index >= 15 is 0 Å². The molecule has 2 unspecified atom stereocenters. The minimum Gasteiger partial charge on any atom is -0.497 e. The maximum atomic E-state index is 13.1. The summed E-state index contributed by atoms with van der Waals surface area (Å²) >= 11 is 0. The van der Waals surface area contributed by atoms with Gasteiger partial charge in [0.05, 0.1) is 13.2 Å². The number of hydrogen-bond donors (Lipinski definition) is 1. The fourth-order valence-electron chi connectivity index (χ4n) is 4.58. The quantitative estimate of drug-likeness (QED) is 0.910. The van der Waals surface area contributed by atoms with Crippen molar-refractivity contribution in [3.05, 3.63) is 29.8 Å². The number of nitrogens with zero attached hydrogens (tertiary/aromatic N) is 1. The van der Waals surface area contributed by atoms with Crippen molar-refractivity contribution in [1.82, 2.24) is 10.2 Å². The maximum absolute atomic E-state index is 13.1. The third-order valence-electron chi connectivity index (χ3n) is 6.12. The molecule has 1 aliphatic carbocycles. The summed E-state index contributed by atoms with van der Waals surface area (Å²) in [6.07, 6.45) is 5.65. The molecule has 1 aromatic carbocycles. The third kappa shape index (κ3) is 3.02. The standard InChI is InChI=1S/C19H26N2O2.ClH/c1-23-15-6-4-14(5-7-15)17-3-2-12-21(17)18(22)16-13-19(16)8-10-20-11-9-19;/h4-7,16-17,20H,2-3,8-13H2,1H3;1H. The van der Waals surface area contributed by atoms with Crippen LogP contribution in [-0.4, -0.2) is 37.6 Å².